The third-order valence-corrected chi connectivity index (χ3v) is 4.24. The molecule has 0 saturated carbocycles. The van der Waals surface area contributed by atoms with Crippen molar-refractivity contribution in [2.75, 3.05) is 5.84 Å². The molecule has 0 amide bonds. The Morgan fingerprint density at radius 2 is 2.05 bits per heavy atom. The van der Waals surface area contributed by atoms with Crippen molar-refractivity contribution in [3.05, 3.63) is 46.0 Å². The highest BCUT2D eigenvalue weighted by atomic mass is 32.2. The van der Waals surface area contributed by atoms with Crippen LogP contribution < -0.4 is 15.6 Å². The van der Waals surface area contributed by atoms with Crippen molar-refractivity contribution in [2.24, 2.45) is 0 Å². The third-order valence-electron chi connectivity index (χ3n) is 2.99. The first-order chi connectivity index (χ1) is 9.85. The zero-order chi connectivity index (χ0) is 15.4. The summed E-state index contributed by atoms with van der Waals surface area (Å²) in [5.74, 6) is 4.62. The molecule has 0 spiro atoms. The first-order valence-electron chi connectivity index (χ1n) is 5.55. The zero-order valence-corrected chi connectivity index (χ0v) is 11.0. The van der Waals surface area contributed by atoms with Crippen molar-refractivity contribution in [1.29, 1.82) is 5.26 Å². The molecule has 2 heterocycles. The second-order valence-corrected chi connectivity index (χ2v) is 5.75. The second kappa shape index (κ2) is 4.07. The van der Waals surface area contributed by atoms with Gasteiger partial charge in [-0.3, -0.25) is 4.79 Å². The summed E-state index contributed by atoms with van der Waals surface area (Å²) < 4.78 is 42.6. The molecule has 0 atom stereocenters. The van der Waals surface area contributed by atoms with Gasteiger partial charge in [-0.25, -0.2) is 9.07 Å². The first kappa shape index (κ1) is 13.1. The number of hydrogen-bond acceptors (Lipinski definition) is 6. The van der Waals surface area contributed by atoms with Gasteiger partial charge in [-0.15, -0.1) is 0 Å². The number of nitrogens with zero attached hydrogens (tertiary/aromatic N) is 2. The topological polar surface area (TPSA) is 115 Å². The number of benzene rings is 1. The highest BCUT2D eigenvalue weighted by Crippen LogP contribution is 2.40. The van der Waals surface area contributed by atoms with Gasteiger partial charge in [-0.1, -0.05) is 0 Å². The lowest BCUT2D eigenvalue weighted by Crippen LogP contribution is -2.34. The summed E-state index contributed by atoms with van der Waals surface area (Å²) in [7, 11) is -4.30. The van der Waals surface area contributed by atoms with Gasteiger partial charge in [0, 0.05) is 11.6 Å². The van der Waals surface area contributed by atoms with Gasteiger partial charge in [-0.05, 0) is 18.2 Å². The van der Waals surface area contributed by atoms with Gasteiger partial charge in [0.15, 0.2) is 5.75 Å². The molecule has 9 heteroatoms. The van der Waals surface area contributed by atoms with Gasteiger partial charge in [-0.2, -0.15) is 13.7 Å². The molecule has 3 rings (SSSR count). The minimum atomic E-state index is -4.30. The molecular weight excluding hydrogens is 301 g/mol. The van der Waals surface area contributed by atoms with Gasteiger partial charge in [0.05, 0.1) is 5.69 Å². The zero-order valence-electron chi connectivity index (χ0n) is 10.2. The van der Waals surface area contributed by atoms with Crippen LogP contribution in [0.4, 0.5) is 4.39 Å². The van der Waals surface area contributed by atoms with E-state index >= 15 is 0 Å². The predicted octanol–water partition coefficient (Wildman–Crippen LogP) is 0.321. The van der Waals surface area contributed by atoms with Gasteiger partial charge >= 0.3 is 10.1 Å². The molecule has 0 aliphatic carbocycles. The van der Waals surface area contributed by atoms with E-state index in [0.717, 1.165) is 18.2 Å². The summed E-state index contributed by atoms with van der Waals surface area (Å²) in [6.07, 6.45) is 0. The van der Waals surface area contributed by atoms with Crippen molar-refractivity contribution < 1.29 is 17.0 Å². The number of nitrogens with two attached hydrogens (primary N) is 1. The van der Waals surface area contributed by atoms with Gasteiger partial charge in [0.1, 0.15) is 22.3 Å². The normalized spacial score (nSPS) is 14.5. The number of nitriles is 1. The molecule has 0 radical (unpaired) electrons. The van der Waals surface area contributed by atoms with E-state index in [9.17, 15) is 17.6 Å². The Morgan fingerprint density at radius 3 is 2.71 bits per heavy atom. The van der Waals surface area contributed by atoms with Gasteiger partial charge in [0.2, 0.25) is 0 Å². The van der Waals surface area contributed by atoms with Crippen molar-refractivity contribution in [3.63, 3.8) is 0 Å². The summed E-state index contributed by atoms with van der Waals surface area (Å²) in [6, 6.07) is 5.65. The van der Waals surface area contributed by atoms with Crippen LogP contribution in [0.5, 0.6) is 5.75 Å². The molecule has 0 saturated heterocycles. The average molecular weight is 307 g/mol. The van der Waals surface area contributed by atoms with Crippen molar-refractivity contribution in [3.8, 4) is 23.1 Å². The van der Waals surface area contributed by atoms with Crippen LogP contribution in [0.1, 0.15) is 5.56 Å². The molecule has 1 aliphatic heterocycles. The fourth-order valence-electron chi connectivity index (χ4n) is 2.07. The molecule has 0 unspecified atom stereocenters. The van der Waals surface area contributed by atoms with Crippen LogP contribution in [0.15, 0.2) is 34.0 Å². The van der Waals surface area contributed by atoms with Crippen molar-refractivity contribution in [1.82, 2.24) is 4.68 Å². The molecule has 2 aromatic rings. The minimum Gasteiger partial charge on any atom is -0.378 e. The Kier molecular flexibility index (Phi) is 2.54. The Balaban J connectivity index is 2.52. The molecule has 1 aromatic carbocycles. The Hall–Kier alpha value is -2.86. The quantitative estimate of drug-likeness (QED) is 0.553. The lowest BCUT2D eigenvalue weighted by molar-refractivity contribution is 0.478. The van der Waals surface area contributed by atoms with E-state index in [1.54, 1.807) is 6.07 Å². The standard InChI is InChI=1S/C12H6FN3O4S/c13-7-1-2-8-9(4-7)20-21(18,19)10-3-6(5-14)12(17)16(15)11(8)10/h1-4H,15H2. The van der Waals surface area contributed by atoms with Crippen LogP contribution in [0, 0.1) is 17.1 Å². The maximum atomic E-state index is 13.2. The van der Waals surface area contributed by atoms with Crippen molar-refractivity contribution >= 4 is 10.1 Å². The van der Waals surface area contributed by atoms with Crippen LogP contribution >= 0.6 is 0 Å². The van der Waals surface area contributed by atoms with E-state index in [2.05, 4.69) is 0 Å². The summed E-state index contributed by atoms with van der Waals surface area (Å²) in [4.78, 5) is 11.4. The maximum absolute atomic E-state index is 13.2. The Morgan fingerprint density at radius 1 is 1.33 bits per heavy atom. The monoisotopic (exact) mass is 307 g/mol. The Bertz CT molecular complexity index is 989. The molecule has 0 fully saturated rings. The Labute approximate surface area is 117 Å². The van der Waals surface area contributed by atoms with Crippen LogP contribution in [-0.2, 0) is 10.1 Å². The summed E-state index contributed by atoms with van der Waals surface area (Å²) in [5, 5.41) is 8.84. The minimum absolute atomic E-state index is 0.144. The molecule has 0 bridgehead atoms. The number of rotatable bonds is 0. The number of fused-ring (bicyclic) bond motifs is 3. The van der Waals surface area contributed by atoms with E-state index in [-0.39, 0.29) is 17.0 Å². The maximum Gasteiger partial charge on any atom is 0.341 e. The molecule has 106 valence electrons. The van der Waals surface area contributed by atoms with Crippen LogP contribution in [0.3, 0.4) is 0 Å². The highest BCUT2D eigenvalue weighted by molar-refractivity contribution is 7.87. The molecule has 1 aromatic heterocycles. The number of nitrogen functional groups attached to an aromatic ring is 1. The third kappa shape index (κ3) is 1.77. The molecule has 7 nitrogen and oxygen atoms in total. The fourth-order valence-corrected chi connectivity index (χ4v) is 3.24. The summed E-state index contributed by atoms with van der Waals surface area (Å²) >= 11 is 0. The summed E-state index contributed by atoms with van der Waals surface area (Å²) in [6.45, 7) is 0. The number of aromatic nitrogens is 1. The largest absolute Gasteiger partial charge is 0.378 e. The van der Waals surface area contributed by atoms with Crippen molar-refractivity contribution in [2.45, 2.75) is 4.90 Å². The van der Waals surface area contributed by atoms with Crippen LogP contribution in [0.2, 0.25) is 0 Å². The summed E-state index contributed by atoms with van der Waals surface area (Å²) in [5.41, 5.74) is -1.30. The average Bonchev–Trinajstić information content (AvgIpc) is 2.41. The SMILES string of the molecule is N#Cc1cc2c(n(N)c1=O)-c1ccc(F)cc1OS2(=O)=O. The van der Waals surface area contributed by atoms with Crippen LogP contribution in [-0.4, -0.2) is 13.1 Å². The lowest BCUT2D eigenvalue weighted by Gasteiger charge is -2.21. The number of pyridine rings is 1. The smallest absolute Gasteiger partial charge is 0.341 e. The van der Waals surface area contributed by atoms with E-state index in [4.69, 9.17) is 15.3 Å². The van der Waals surface area contributed by atoms with Crippen LogP contribution in [0.25, 0.3) is 11.3 Å². The molecule has 21 heavy (non-hydrogen) atoms. The van der Waals surface area contributed by atoms with Gasteiger partial charge in [0.25, 0.3) is 5.56 Å². The molecular formula is C12H6FN3O4S. The van der Waals surface area contributed by atoms with E-state index in [1.807, 2.05) is 0 Å². The molecule has 2 N–H and O–H groups in total. The van der Waals surface area contributed by atoms with E-state index in [0.29, 0.717) is 4.68 Å². The first-order valence-corrected chi connectivity index (χ1v) is 6.95. The van der Waals surface area contributed by atoms with Gasteiger partial charge < -0.3 is 10.0 Å². The second-order valence-electron chi connectivity index (χ2n) is 4.24. The molecule has 1 aliphatic rings. The number of halogens is 1. The highest BCUT2D eigenvalue weighted by Gasteiger charge is 2.33. The van der Waals surface area contributed by atoms with E-state index in [1.165, 1.54) is 6.07 Å². The fraction of sp³-hybridized carbons (Fsp3) is 0. The lowest BCUT2D eigenvalue weighted by atomic mass is 10.1. The van der Waals surface area contributed by atoms with E-state index < -0.39 is 32.0 Å². The number of hydrogen-bond donors (Lipinski definition) is 1. The predicted molar refractivity (Wildman–Crippen MR) is 68.8 cm³/mol.